The summed E-state index contributed by atoms with van der Waals surface area (Å²) in [5.41, 5.74) is 3.81. The summed E-state index contributed by atoms with van der Waals surface area (Å²) in [7, 11) is 1.98. The molecule has 0 bridgehead atoms. The lowest BCUT2D eigenvalue weighted by Crippen LogP contribution is -2.24. The molecule has 18 heavy (non-hydrogen) atoms. The third-order valence-electron chi connectivity index (χ3n) is 3.38. The monoisotopic (exact) mass is 243 g/mol. The van der Waals surface area contributed by atoms with E-state index in [9.17, 15) is 0 Å². The summed E-state index contributed by atoms with van der Waals surface area (Å²) >= 11 is 0. The van der Waals surface area contributed by atoms with Crippen molar-refractivity contribution in [2.45, 2.75) is 32.9 Å². The topological polar surface area (TPSA) is 29.9 Å². The Morgan fingerprint density at radius 3 is 2.28 bits per heavy atom. The van der Waals surface area contributed by atoms with Crippen molar-refractivity contribution in [3.63, 3.8) is 0 Å². The number of nitrogens with one attached hydrogen (secondary N) is 1. The van der Waals surface area contributed by atoms with Gasteiger partial charge in [-0.15, -0.1) is 0 Å². The van der Waals surface area contributed by atoms with E-state index in [-0.39, 0.29) is 6.04 Å². The zero-order valence-electron chi connectivity index (χ0n) is 11.5. The molecule has 1 N–H and O–H groups in total. The van der Waals surface area contributed by atoms with E-state index >= 15 is 0 Å². The average Bonchev–Trinajstić information content (AvgIpc) is 2.76. The van der Waals surface area contributed by atoms with Gasteiger partial charge >= 0.3 is 0 Å². The lowest BCUT2D eigenvalue weighted by molar-refractivity contribution is 0.469. The number of hydrogen-bond donors (Lipinski definition) is 1. The van der Waals surface area contributed by atoms with E-state index in [1.165, 1.54) is 16.8 Å². The van der Waals surface area contributed by atoms with E-state index in [1.54, 1.807) is 0 Å². The summed E-state index contributed by atoms with van der Waals surface area (Å²) < 4.78 is 1.92. The lowest BCUT2D eigenvalue weighted by atomic mass is 10.1. The second kappa shape index (κ2) is 5.36. The van der Waals surface area contributed by atoms with Gasteiger partial charge in [0.15, 0.2) is 0 Å². The van der Waals surface area contributed by atoms with E-state index in [0.717, 1.165) is 0 Å². The van der Waals surface area contributed by atoms with Crippen LogP contribution in [0.2, 0.25) is 0 Å². The Balaban J connectivity index is 2.05. The van der Waals surface area contributed by atoms with E-state index in [1.807, 2.05) is 17.9 Å². The van der Waals surface area contributed by atoms with E-state index < -0.39 is 0 Å². The molecule has 2 aromatic rings. The molecular weight excluding hydrogens is 222 g/mol. The highest BCUT2D eigenvalue weighted by molar-refractivity contribution is 5.24. The molecule has 0 saturated carbocycles. The van der Waals surface area contributed by atoms with Crippen molar-refractivity contribution in [3.8, 4) is 0 Å². The van der Waals surface area contributed by atoms with Crippen LogP contribution in [0.15, 0.2) is 36.5 Å². The Bertz CT molecular complexity index is 499. The SMILES string of the molecule is Cc1ccc(C(C)NC(C)c2ccnn2C)cc1. The lowest BCUT2D eigenvalue weighted by Gasteiger charge is -2.20. The molecule has 0 aliphatic carbocycles. The molecule has 0 aliphatic rings. The zero-order valence-corrected chi connectivity index (χ0v) is 11.5. The predicted molar refractivity (Wildman–Crippen MR) is 74.4 cm³/mol. The fourth-order valence-electron chi connectivity index (χ4n) is 2.22. The highest BCUT2D eigenvalue weighted by Crippen LogP contribution is 2.19. The number of hydrogen-bond acceptors (Lipinski definition) is 2. The first-order chi connectivity index (χ1) is 8.58. The van der Waals surface area contributed by atoms with Gasteiger partial charge in [0.05, 0.1) is 5.69 Å². The second-order valence-electron chi connectivity index (χ2n) is 4.90. The predicted octanol–water partition coefficient (Wildman–Crippen LogP) is 3.14. The minimum Gasteiger partial charge on any atom is -0.302 e. The van der Waals surface area contributed by atoms with Gasteiger partial charge in [0.25, 0.3) is 0 Å². The molecule has 2 rings (SSSR count). The zero-order chi connectivity index (χ0) is 13.1. The van der Waals surface area contributed by atoms with Crippen LogP contribution in [-0.4, -0.2) is 9.78 Å². The molecule has 2 unspecified atom stereocenters. The number of benzene rings is 1. The third-order valence-corrected chi connectivity index (χ3v) is 3.38. The van der Waals surface area contributed by atoms with Crippen molar-refractivity contribution < 1.29 is 0 Å². The largest absolute Gasteiger partial charge is 0.302 e. The summed E-state index contributed by atoms with van der Waals surface area (Å²) in [6.45, 7) is 6.47. The van der Waals surface area contributed by atoms with Gasteiger partial charge in [-0.2, -0.15) is 5.10 Å². The first kappa shape index (κ1) is 12.8. The normalized spacial score (nSPS) is 14.4. The third kappa shape index (κ3) is 2.79. The van der Waals surface area contributed by atoms with E-state index in [2.05, 4.69) is 61.5 Å². The molecule has 96 valence electrons. The Hall–Kier alpha value is -1.61. The maximum atomic E-state index is 4.21. The van der Waals surface area contributed by atoms with Crippen LogP contribution in [0, 0.1) is 6.92 Å². The molecule has 0 saturated heterocycles. The Labute approximate surface area is 109 Å². The molecular formula is C15H21N3. The molecule has 1 heterocycles. The van der Waals surface area contributed by atoms with Gasteiger partial charge in [-0.25, -0.2) is 0 Å². The highest BCUT2D eigenvalue weighted by atomic mass is 15.3. The van der Waals surface area contributed by atoms with E-state index in [4.69, 9.17) is 0 Å². The van der Waals surface area contributed by atoms with Crippen molar-refractivity contribution in [3.05, 3.63) is 53.3 Å². The summed E-state index contributed by atoms with van der Waals surface area (Å²) in [5, 5.41) is 7.80. The molecule has 2 atom stereocenters. The van der Waals surface area contributed by atoms with Gasteiger partial charge in [-0.1, -0.05) is 29.8 Å². The van der Waals surface area contributed by atoms with Crippen molar-refractivity contribution in [1.82, 2.24) is 15.1 Å². The standard InChI is InChI=1S/C15H21N3/c1-11-5-7-14(8-6-11)12(2)17-13(3)15-9-10-16-18(15)4/h5-10,12-13,17H,1-4H3. The maximum absolute atomic E-state index is 4.21. The Kier molecular flexibility index (Phi) is 3.82. The molecule has 0 aliphatic heterocycles. The van der Waals surface area contributed by atoms with Crippen molar-refractivity contribution in [2.24, 2.45) is 7.05 Å². The molecule has 0 radical (unpaired) electrons. The molecule has 0 amide bonds. The van der Waals surface area contributed by atoms with Crippen LogP contribution >= 0.6 is 0 Å². The highest BCUT2D eigenvalue weighted by Gasteiger charge is 2.13. The number of rotatable bonds is 4. The molecule has 0 fully saturated rings. The minimum absolute atomic E-state index is 0.286. The fourth-order valence-corrected chi connectivity index (χ4v) is 2.22. The van der Waals surface area contributed by atoms with Crippen LogP contribution in [0.25, 0.3) is 0 Å². The first-order valence-electron chi connectivity index (χ1n) is 6.38. The number of nitrogens with zero attached hydrogens (tertiary/aromatic N) is 2. The van der Waals surface area contributed by atoms with Gasteiger partial charge in [0.1, 0.15) is 0 Å². The van der Waals surface area contributed by atoms with Gasteiger partial charge in [0.2, 0.25) is 0 Å². The first-order valence-corrected chi connectivity index (χ1v) is 6.38. The Morgan fingerprint density at radius 2 is 1.72 bits per heavy atom. The fraction of sp³-hybridized carbons (Fsp3) is 0.400. The van der Waals surface area contributed by atoms with Gasteiger partial charge in [-0.3, -0.25) is 4.68 Å². The summed E-state index contributed by atoms with van der Waals surface area (Å²) in [4.78, 5) is 0. The summed E-state index contributed by atoms with van der Waals surface area (Å²) in [6.07, 6.45) is 1.84. The summed E-state index contributed by atoms with van der Waals surface area (Å²) in [6, 6.07) is 11.3. The molecule has 0 spiro atoms. The molecule has 1 aromatic carbocycles. The van der Waals surface area contributed by atoms with Gasteiger partial charge in [-0.05, 0) is 32.4 Å². The van der Waals surface area contributed by atoms with Crippen LogP contribution in [0.1, 0.15) is 42.8 Å². The van der Waals surface area contributed by atoms with Gasteiger partial charge < -0.3 is 5.32 Å². The number of aromatic nitrogens is 2. The van der Waals surface area contributed by atoms with Crippen LogP contribution in [-0.2, 0) is 7.05 Å². The van der Waals surface area contributed by atoms with Crippen LogP contribution in [0.4, 0.5) is 0 Å². The number of aryl methyl sites for hydroxylation is 2. The van der Waals surface area contributed by atoms with Gasteiger partial charge in [0, 0.05) is 25.3 Å². The Morgan fingerprint density at radius 1 is 1.06 bits per heavy atom. The maximum Gasteiger partial charge on any atom is 0.0547 e. The van der Waals surface area contributed by atoms with Crippen LogP contribution in [0.3, 0.4) is 0 Å². The summed E-state index contributed by atoms with van der Waals surface area (Å²) in [5.74, 6) is 0. The van der Waals surface area contributed by atoms with Crippen LogP contribution in [0.5, 0.6) is 0 Å². The van der Waals surface area contributed by atoms with Crippen molar-refractivity contribution in [1.29, 1.82) is 0 Å². The quantitative estimate of drug-likeness (QED) is 0.894. The second-order valence-corrected chi connectivity index (χ2v) is 4.90. The molecule has 1 aromatic heterocycles. The molecule has 3 nitrogen and oxygen atoms in total. The van der Waals surface area contributed by atoms with E-state index in [0.29, 0.717) is 6.04 Å². The molecule has 3 heteroatoms. The minimum atomic E-state index is 0.286. The van der Waals surface area contributed by atoms with Crippen LogP contribution < -0.4 is 5.32 Å². The average molecular weight is 243 g/mol. The van der Waals surface area contributed by atoms with Crippen molar-refractivity contribution >= 4 is 0 Å². The van der Waals surface area contributed by atoms with Crippen molar-refractivity contribution in [2.75, 3.05) is 0 Å². The smallest absolute Gasteiger partial charge is 0.0547 e.